The van der Waals surface area contributed by atoms with Gasteiger partial charge >= 0.3 is 0 Å². The second-order valence-electron chi connectivity index (χ2n) is 6.64. The van der Waals surface area contributed by atoms with Crippen LogP contribution in [0.1, 0.15) is 23.2 Å². The molecule has 1 aromatic heterocycles. The third-order valence-electron chi connectivity index (χ3n) is 5.19. The summed E-state index contributed by atoms with van der Waals surface area (Å²) in [6.07, 6.45) is 2.40. The molecule has 22 heavy (non-hydrogen) atoms. The fourth-order valence-corrected chi connectivity index (χ4v) is 3.80. The topological polar surface area (TPSA) is 65.1 Å². The van der Waals surface area contributed by atoms with Crippen molar-refractivity contribution in [3.63, 3.8) is 0 Å². The van der Waals surface area contributed by atoms with E-state index in [0.29, 0.717) is 11.8 Å². The van der Waals surface area contributed by atoms with Gasteiger partial charge in [0.1, 0.15) is 11.0 Å². The van der Waals surface area contributed by atoms with Crippen LogP contribution in [0.25, 0.3) is 11.0 Å². The molecular weight excluding hydrogens is 278 g/mol. The average molecular weight is 299 g/mol. The summed E-state index contributed by atoms with van der Waals surface area (Å²) in [6, 6.07) is 5.55. The van der Waals surface area contributed by atoms with Crippen LogP contribution in [0.3, 0.4) is 0 Å². The Morgan fingerprint density at radius 1 is 1.14 bits per heavy atom. The smallest absolute Gasteiger partial charge is 0.253 e. The van der Waals surface area contributed by atoms with Gasteiger partial charge in [-0.25, -0.2) is 0 Å². The van der Waals surface area contributed by atoms with Crippen LogP contribution in [-0.2, 0) is 0 Å². The predicted octanol–water partition coefficient (Wildman–Crippen LogP) is 1.37. The highest BCUT2D eigenvalue weighted by atomic mass is 16.2. The van der Waals surface area contributed by atoms with Crippen LogP contribution in [-0.4, -0.2) is 64.3 Å². The number of aromatic nitrogens is 3. The molecule has 2 aromatic rings. The Labute approximate surface area is 129 Å². The van der Waals surface area contributed by atoms with Crippen molar-refractivity contribution >= 4 is 16.9 Å². The first-order chi connectivity index (χ1) is 10.7. The molecule has 2 atom stereocenters. The molecule has 0 spiro atoms. The van der Waals surface area contributed by atoms with Crippen LogP contribution in [0.2, 0.25) is 0 Å². The number of likely N-dealkylation sites (tertiary alicyclic amines) is 2. The minimum atomic E-state index is 0.131. The molecule has 2 aliphatic heterocycles. The van der Waals surface area contributed by atoms with Gasteiger partial charge in [0, 0.05) is 18.7 Å². The monoisotopic (exact) mass is 299 g/mol. The summed E-state index contributed by atoms with van der Waals surface area (Å²) in [4.78, 5) is 17.2. The molecule has 1 N–H and O–H groups in total. The maximum Gasteiger partial charge on any atom is 0.253 e. The molecule has 3 heterocycles. The van der Waals surface area contributed by atoms with E-state index in [2.05, 4.69) is 27.4 Å². The minimum Gasteiger partial charge on any atom is -0.338 e. The van der Waals surface area contributed by atoms with E-state index in [0.717, 1.165) is 42.8 Å². The van der Waals surface area contributed by atoms with Crippen molar-refractivity contribution in [2.75, 3.05) is 33.2 Å². The molecule has 6 heteroatoms. The molecule has 6 nitrogen and oxygen atoms in total. The van der Waals surface area contributed by atoms with Crippen molar-refractivity contribution < 1.29 is 4.79 Å². The first-order valence-electron chi connectivity index (χ1n) is 7.99. The molecule has 2 unspecified atom stereocenters. The molecule has 0 radical (unpaired) electrons. The Hall–Kier alpha value is -1.95. The van der Waals surface area contributed by atoms with Crippen LogP contribution in [0.5, 0.6) is 0 Å². The third kappa shape index (κ3) is 2.37. The largest absolute Gasteiger partial charge is 0.338 e. The van der Waals surface area contributed by atoms with Crippen LogP contribution >= 0.6 is 0 Å². The van der Waals surface area contributed by atoms with Crippen molar-refractivity contribution in [2.45, 2.75) is 12.8 Å². The second-order valence-corrected chi connectivity index (χ2v) is 6.64. The van der Waals surface area contributed by atoms with E-state index in [-0.39, 0.29) is 5.91 Å². The molecule has 2 fully saturated rings. The fraction of sp³-hybridized carbons (Fsp3) is 0.562. The molecule has 2 aliphatic rings. The van der Waals surface area contributed by atoms with Gasteiger partial charge in [-0.3, -0.25) is 4.79 Å². The number of benzene rings is 1. The number of nitrogens with one attached hydrogen (secondary N) is 1. The van der Waals surface area contributed by atoms with E-state index in [4.69, 9.17) is 0 Å². The lowest BCUT2D eigenvalue weighted by atomic mass is 9.92. The summed E-state index contributed by atoms with van der Waals surface area (Å²) in [7, 11) is 2.19. The normalized spacial score (nSPS) is 26.1. The van der Waals surface area contributed by atoms with E-state index in [1.165, 1.54) is 12.8 Å². The van der Waals surface area contributed by atoms with Crippen molar-refractivity contribution in [1.29, 1.82) is 0 Å². The molecule has 116 valence electrons. The van der Waals surface area contributed by atoms with Crippen molar-refractivity contribution in [3.05, 3.63) is 23.8 Å². The quantitative estimate of drug-likeness (QED) is 0.864. The SMILES string of the molecule is CN1CCC2CN(C(=O)c3ccc4n[nH]nc4c3)CC2CC1. The van der Waals surface area contributed by atoms with Gasteiger partial charge in [0.25, 0.3) is 5.91 Å². The van der Waals surface area contributed by atoms with Gasteiger partial charge in [-0.1, -0.05) is 0 Å². The standard InChI is InChI=1S/C16H21N5O/c1-20-6-4-12-9-21(10-13(12)5-7-20)16(22)11-2-3-14-15(8-11)18-19-17-14/h2-3,8,12-13H,4-7,9-10H2,1H3,(H,17,18,19). The summed E-state index contributed by atoms with van der Waals surface area (Å²) in [5, 5.41) is 10.7. The Morgan fingerprint density at radius 2 is 1.82 bits per heavy atom. The number of rotatable bonds is 1. The molecule has 0 aliphatic carbocycles. The number of fused-ring (bicyclic) bond motifs is 2. The van der Waals surface area contributed by atoms with Gasteiger partial charge in [0.05, 0.1) is 0 Å². The molecule has 4 rings (SSSR count). The molecule has 1 amide bonds. The summed E-state index contributed by atoms with van der Waals surface area (Å²) in [5.41, 5.74) is 2.27. The number of nitrogens with zero attached hydrogens (tertiary/aromatic N) is 4. The van der Waals surface area contributed by atoms with Gasteiger partial charge in [-0.15, -0.1) is 0 Å². The van der Waals surface area contributed by atoms with Gasteiger partial charge in [-0.05, 0) is 63.0 Å². The Bertz CT molecular complexity index is 681. The van der Waals surface area contributed by atoms with E-state index in [1.54, 1.807) is 0 Å². The molecule has 0 saturated carbocycles. The van der Waals surface area contributed by atoms with Crippen molar-refractivity contribution in [3.8, 4) is 0 Å². The fourth-order valence-electron chi connectivity index (χ4n) is 3.80. The lowest BCUT2D eigenvalue weighted by Crippen LogP contribution is -2.30. The number of carbonyl (C=O) groups excluding carboxylic acids is 1. The molecule has 1 aromatic carbocycles. The summed E-state index contributed by atoms with van der Waals surface area (Å²) in [5.74, 6) is 1.45. The zero-order valence-corrected chi connectivity index (χ0v) is 12.8. The van der Waals surface area contributed by atoms with E-state index in [1.807, 2.05) is 23.1 Å². The van der Waals surface area contributed by atoms with Gasteiger partial charge < -0.3 is 9.80 Å². The lowest BCUT2D eigenvalue weighted by Gasteiger charge is -2.18. The van der Waals surface area contributed by atoms with Crippen LogP contribution in [0.4, 0.5) is 0 Å². The molecule has 2 saturated heterocycles. The van der Waals surface area contributed by atoms with Gasteiger partial charge in [0.2, 0.25) is 0 Å². The number of amides is 1. The van der Waals surface area contributed by atoms with Crippen LogP contribution in [0.15, 0.2) is 18.2 Å². The predicted molar refractivity (Wildman–Crippen MR) is 83.5 cm³/mol. The molecular formula is C16H21N5O. The number of aromatic amines is 1. The summed E-state index contributed by atoms with van der Waals surface area (Å²) in [6.45, 7) is 4.09. The summed E-state index contributed by atoms with van der Waals surface area (Å²) >= 11 is 0. The third-order valence-corrected chi connectivity index (χ3v) is 5.19. The van der Waals surface area contributed by atoms with Gasteiger partial charge in [0.15, 0.2) is 0 Å². The zero-order valence-electron chi connectivity index (χ0n) is 12.8. The lowest BCUT2D eigenvalue weighted by molar-refractivity contribution is 0.0781. The van der Waals surface area contributed by atoms with Crippen LogP contribution < -0.4 is 0 Å². The van der Waals surface area contributed by atoms with Gasteiger partial charge in [-0.2, -0.15) is 15.4 Å². The van der Waals surface area contributed by atoms with E-state index >= 15 is 0 Å². The second kappa shape index (κ2) is 5.35. The Balaban J connectivity index is 1.51. The first kappa shape index (κ1) is 13.7. The number of hydrogen-bond acceptors (Lipinski definition) is 4. The Kier molecular flexibility index (Phi) is 3.33. The maximum absolute atomic E-state index is 12.8. The highest BCUT2D eigenvalue weighted by molar-refractivity contribution is 5.97. The average Bonchev–Trinajstić information content (AvgIpc) is 3.12. The first-order valence-corrected chi connectivity index (χ1v) is 7.99. The van der Waals surface area contributed by atoms with E-state index in [9.17, 15) is 4.79 Å². The number of carbonyl (C=O) groups is 1. The number of hydrogen-bond donors (Lipinski definition) is 1. The van der Waals surface area contributed by atoms with Crippen LogP contribution in [0, 0.1) is 11.8 Å². The highest BCUT2D eigenvalue weighted by Crippen LogP contribution is 2.32. The highest BCUT2D eigenvalue weighted by Gasteiger charge is 2.36. The summed E-state index contributed by atoms with van der Waals surface area (Å²) < 4.78 is 0. The van der Waals surface area contributed by atoms with E-state index < -0.39 is 0 Å². The van der Waals surface area contributed by atoms with Crippen molar-refractivity contribution in [1.82, 2.24) is 25.2 Å². The Morgan fingerprint density at radius 3 is 2.55 bits per heavy atom. The molecule has 0 bridgehead atoms. The zero-order chi connectivity index (χ0) is 15.1. The maximum atomic E-state index is 12.8. The van der Waals surface area contributed by atoms with Crippen molar-refractivity contribution in [2.24, 2.45) is 11.8 Å². The minimum absolute atomic E-state index is 0.131. The number of H-pyrrole nitrogens is 1.